The van der Waals surface area contributed by atoms with Crippen LogP contribution in [0.1, 0.15) is 55.7 Å². The first kappa shape index (κ1) is 15.5. The van der Waals surface area contributed by atoms with Crippen molar-refractivity contribution in [2.75, 3.05) is 13.1 Å². The Bertz CT molecular complexity index is 477. The van der Waals surface area contributed by atoms with E-state index < -0.39 is 0 Å². The summed E-state index contributed by atoms with van der Waals surface area (Å²) in [6, 6.07) is 0. The number of hydrogen-bond donors (Lipinski definition) is 2. The molecule has 0 bridgehead atoms. The molecule has 1 unspecified atom stereocenters. The first-order valence-electron chi connectivity index (χ1n) is 7.13. The van der Waals surface area contributed by atoms with Crippen LogP contribution < -0.4 is 0 Å². The monoisotopic (exact) mass is 343 g/mol. The zero-order valence-corrected chi connectivity index (χ0v) is 13.8. The highest BCUT2D eigenvalue weighted by molar-refractivity contribution is 9.10. The van der Waals surface area contributed by atoms with Gasteiger partial charge in [0.15, 0.2) is 5.69 Å². The van der Waals surface area contributed by atoms with Crippen molar-refractivity contribution in [3.63, 3.8) is 0 Å². The number of amides is 1. The van der Waals surface area contributed by atoms with Crippen molar-refractivity contribution >= 4 is 21.8 Å². The summed E-state index contributed by atoms with van der Waals surface area (Å²) in [5.41, 5.74) is 1.41. The van der Waals surface area contributed by atoms with Crippen LogP contribution in [0, 0.1) is 5.92 Å². The Balaban J connectivity index is 2.06. The third-order valence-electron chi connectivity index (χ3n) is 4.02. The SMILES string of the molecule is CC(C)c1[nH]nc(C(=O)N2CCC(C(C)O)CC2)c1Br. The molecule has 112 valence electrons. The third-order valence-corrected chi connectivity index (χ3v) is 4.82. The Morgan fingerprint density at radius 3 is 2.45 bits per heavy atom. The van der Waals surface area contributed by atoms with Crippen LogP contribution in [0.2, 0.25) is 0 Å². The molecule has 2 N–H and O–H groups in total. The van der Waals surface area contributed by atoms with Gasteiger partial charge in [0.25, 0.3) is 5.91 Å². The predicted molar refractivity (Wildman–Crippen MR) is 80.7 cm³/mol. The van der Waals surface area contributed by atoms with Crippen molar-refractivity contribution in [1.29, 1.82) is 0 Å². The van der Waals surface area contributed by atoms with Crippen LogP contribution in [0.5, 0.6) is 0 Å². The van der Waals surface area contributed by atoms with E-state index in [-0.39, 0.29) is 12.0 Å². The van der Waals surface area contributed by atoms with Gasteiger partial charge >= 0.3 is 0 Å². The predicted octanol–water partition coefficient (Wildman–Crippen LogP) is 2.53. The minimum atomic E-state index is -0.295. The topological polar surface area (TPSA) is 69.2 Å². The Morgan fingerprint density at radius 1 is 1.40 bits per heavy atom. The lowest BCUT2D eigenvalue weighted by molar-refractivity contribution is 0.0516. The molecule has 5 nitrogen and oxygen atoms in total. The zero-order chi connectivity index (χ0) is 14.9. The number of aromatic amines is 1. The van der Waals surface area contributed by atoms with Gasteiger partial charge in [-0.1, -0.05) is 13.8 Å². The number of H-pyrrole nitrogens is 1. The lowest BCUT2D eigenvalue weighted by Gasteiger charge is -2.32. The molecule has 6 heteroatoms. The standard InChI is InChI=1S/C14H22BrN3O2/c1-8(2)12-11(15)13(17-16-12)14(20)18-6-4-10(5-7-18)9(3)19/h8-10,19H,4-7H2,1-3H3,(H,16,17). The number of rotatable bonds is 3. The van der Waals surface area contributed by atoms with Crippen LogP contribution in [-0.4, -0.2) is 45.3 Å². The van der Waals surface area contributed by atoms with E-state index in [4.69, 9.17) is 0 Å². The highest BCUT2D eigenvalue weighted by atomic mass is 79.9. The van der Waals surface area contributed by atoms with Gasteiger partial charge in [-0.3, -0.25) is 9.89 Å². The Labute approximate surface area is 127 Å². The van der Waals surface area contributed by atoms with Crippen LogP contribution in [0.25, 0.3) is 0 Å². The highest BCUT2D eigenvalue weighted by Gasteiger charge is 2.29. The van der Waals surface area contributed by atoms with Crippen LogP contribution >= 0.6 is 15.9 Å². The Hall–Kier alpha value is -0.880. The van der Waals surface area contributed by atoms with E-state index in [9.17, 15) is 9.90 Å². The average molecular weight is 344 g/mol. The molecular weight excluding hydrogens is 322 g/mol. The Kier molecular flexibility index (Phi) is 4.86. The molecule has 1 atom stereocenters. The van der Waals surface area contributed by atoms with Gasteiger partial charge in [-0.05, 0) is 47.5 Å². The average Bonchev–Trinajstić information content (AvgIpc) is 2.80. The van der Waals surface area contributed by atoms with E-state index in [0.717, 1.165) is 23.0 Å². The minimum absolute atomic E-state index is 0.0379. The summed E-state index contributed by atoms with van der Waals surface area (Å²) in [4.78, 5) is 14.3. The van der Waals surface area contributed by atoms with E-state index in [2.05, 4.69) is 40.0 Å². The van der Waals surface area contributed by atoms with Crippen molar-refractivity contribution in [3.8, 4) is 0 Å². The number of aliphatic hydroxyl groups excluding tert-OH is 1. The summed E-state index contributed by atoms with van der Waals surface area (Å²) in [6.45, 7) is 7.30. The second-order valence-electron chi connectivity index (χ2n) is 5.82. The molecule has 2 heterocycles. The molecule has 1 aromatic heterocycles. The van der Waals surface area contributed by atoms with E-state index in [1.807, 2.05) is 11.8 Å². The van der Waals surface area contributed by atoms with E-state index >= 15 is 0 Å². The molecule has 1 amide bonds. The Morgan fingerprint density at radius 2 is 2.00 bits per heavy atom. The largest absolute Gasteiger partial charge is 0.393 e. The van der Waals surface area contributed by atoms with Gasteiger partial charge in [0.05, 0.1) is 16.3 Å². The molecule has 2 rings (SSSR count). The highest BCUT2D eigenvalue weighted by Crippen LogP contribution is 2.28. The smallest absolute Gasteiger partial charge is 0.275 e. The molecule has 0 aliphatic carbocycles. The maximum Gasteiger partial charge on any atom is 0.275 e. The van der Waals surface area contributed by atoms with E-state index in [1.54, 1.807) is 0 Å². The maximum atomic E-state index is 12.5. The number of hydrogen-bond acceptors (Lipinski definition) is 3. The van der Waals surface area contributed by atoms with Gasteiger partial charge < -0.3 is 10.0 Å². The summed E-state index contributed by atoms with van der Waals surface area (Å²) in [5, 5.41) is 16.7. The molecule has 1 saturated heterocycles. The summed E-state index contributed by atoms with van der Waals surface area (Å²) < 4.78 is 0.773. The van der Waals surface area contributed by atoms with Crippen LogP contribution in [0.3, 0.4) is 0 Å². The number of halogens is 1. The molecule has 1 fully saturated rings. The fraction of sp³-hybridized carbons (Fsp3) is 0.714. The second-order valence-corrected chi connectivity index (χ2v) is 6.62. The molecule has 1 aliphatic rings. The molecule has 20 heavy (non-hydrogen) atoms. The van der Waals surface area contributed by atoms with Crippen molar-refractivity contribution in [1.82, 2.24) is 15.1 Å². The molecule has 0 saturated carbocycles. The minimum Gasteiger partial charge on any atom is -0.393 e. The number of aliphatic hydroxyl groups is 1. The number of likely N-dealkylation sites (tertiary alicyclic amines) is 1. The van der Waals surface area contributed by atoms with Crippen LogP contribution in [0.4, 0.5) is 0 Å². The third kappa shape index (κ3) is 3.06. The fourth-order valence-electron chi connectivity index (χ4n) is 2.60. The number of nitrogens with one attached hydrogen (secondary N) is 1. The first-order chi connectivity index (χ1) is 9.41. The maximum absolute atomic E-state index is 12.5. The van der Waals surface area contributed by atoms with Gasteiger partial charge in [-0.2, -0.15) is 5.10 Å². The van der Waals surface area contributed by atoms with E-state index in [1.165, 1.54) is 0 Å². The van der Waals surface area contributed by atoms with Crippen molar-refractivity contribution < 1.29 is 9.90 Å². The second kappa shape index (κ2) is 6.26. The molecule has 0 spiro atoms. The molecular formula is C14H22BrN3O2. The number of carbonyl (C=O) groups is 1. The van der Waals surface area contributed by atoms with Gasteiger partial charge in [-0.25, -0.2) is 0 Å². The number of piperidine rings is 1. The summed E-state index contributed by atoms with van der Waals surface area (Å²) >= 11 is 3.47. The summed E-state index contributed by atoms with van der Waals surface area (Å²) in [7, 11) is 0. The van der Waals surface area contributed by atoms with Crippen LogP contribution in [-0.2, 0) is 0 Å². The molecule has 0 aromatic carbocycles. The lowest BCUT2D eigenvalue weighted by Crippen LogP contribution is -2.41. The number of aromatic nitrogens is 2. The molecule has 1 aliphatic heterocycles. The van der Waals surface area contributed by atoms with Crippen molar-refractivity contribution in [2.45, 2.75) is 45.6 Å². The van der Waals surface area contributed by atoms with E-state index in [0.29, 0.717) is 30.6 Å². The van der Waals surface area contributed by atoms with Crippen molar-refractivity contribution in [3.05, 3.63) is 15.9 Å². The number of nitrogens with zero attached hydrogens (tertiary/aromatic N) is 2. The lowest BCUT2D eigenvalue weighted by atomic mass is 9.92. The summed E-state index contributed by atoms with van der Waals surface area (Å²) in [5.74, 6) is 0.552. The van der Waals surface area contributed by atoms with Crippen molar-refractivity contribution in [2.24, 2.45) is 5.92 Å². The molecule has 1 aromatic rings. The van der Waals surface area contributed by atoms with Gasteiger partial charge in [0.2, 0.25) is 0 Å². The molecule has 0 radical (unpaired) electrons. The summed E-state index contributed by atoms with van der Waals surface area (Å²) in [6.07, 6.45) is 1.40. The number of carbonyl (C=O) groups excluding carboxylic acids is 1. The zero-order valence-electron chi connectivity index (χ0n) is 12.2. The van der Waals surface area contributed by atoms with Gasteiger partial charge in [0, 0.05) is 13.1 Å². The van der Waals surface area contributed by atoms with Gasteiger partial charge in [0.1, 0.15) is 0 Å². The van der Waals surface area contributed by atoms with Gasteiger partial charge in [-0.15, -0.1) is 0 Å². The normalized spacial score (nSPS) is 18.6. The quantitative estimate of drug-likeness (QED) is 0.885. The fourth-order valence-corrected chi connectivity index (χ4v) is 3.41. The first-order valence-corrected chi connectivity index (χ1v) is 7.92. The van der Waals surface area contributed by atoms with Crippen LogP contribution in [0.15, 0.2) is 4.47 Å².